The number of aromatic nitrogens is 1. The summed E-state index contributed by atoms with van der Waals surface area (Å²) in [4.78, 5) is 25.7. The first kappa shape index (κ1) is 17.5. The van der Waals surface area contributed by atoms with Crippen LogP contribution >= 0.6 is 0 Å². The lowest BCUT2D eigenvalue weighted by Gasteiger charge is -2.15. The predicted molar refractivity (Wildman–Crippen MR) is 83.9 cm³/mol. The van der Waals surface area contributed by atoms with Crippen LogP contribution in [0.1, 0.15) is 36.5 Å². The van der Waals surface area contributed by atoms with Crippen LogP contribution in [0.4, 0.5) is 0 Å². The second kappa shape index (κ2) is 8.10. The minimum atomic E-state index is -0.282. The first-order chi connectivity index (χ1) is 11.0. The topological polar surface area (TPSA) is 84.7 Å². The first-order valence-electron chi connectivity index (χ1n) is 8.00. The van der Waals surface area contributed by atoms with Gasteiger partial charge in [-0.15, -0.1) is 0 Å². The average molecular weight is 323 g/mol. The number of likely N-dealkylation sites (tertiary alicyclic amines) is 1. The van der Waals surface area contributed by atoms with E-state index in [9.17, 15) is 9.59 Å². The van der Waals surface area contributed by atoms with Gasteiger partial charge in [0.1, 0.15) is 0 Å². The molecule has 7 nitrogen and oxygen atoms in total. The van der Waals surface area contributed by atoms with Gasteiger partial charge in [0.15, 0.2) is 0 Å². The van der Waals surface area contributed by atoms with E-state index >= 15 is 0 Å². The summed E-state index contributed by atoms with van der Waals surface area (Å²) in [5.74, 6) is 0.636. The van der Waals surface area contributed by atoms with E-state index < -0.39 is 0 Å². The largest absolute Gasteiger partial charge is 0.383 e. The molecule has 1 aromatic heterocycles. The van der Waals surface area contributed by atoms with Crippen LogP contribution in [0.5, 0.6) is 0 Å². The molecular formula is C16H25N3O4. The molecule has 2 heterocycles. The Kier molecular flexibility index (Phi) is 6.15. The van der Waals surface area contributed by atoms with Crippen molar-refractivity contribution in [2.75, 3.05) is 33.4 Å². The molecule has 1 atom stereocenters. The van der Waals surface area contributed by atoms with Crippen molar-refractivity contribution in [1.82, 2.24) is 15.4 Å². The Morgan fingerprint density at radius 3 is 3.04 bits per heavy atom. The molecule has 2 amide bonds. The summed E-state index contributed by atoms with van der Waals surface area (Å²) in [6.45, 7) is 6.40. The van der Waals surface area contributed by atoms with Gasteiger partial charge in [0.25, 0.3) is 5.91 Å². The summed E-state index contributed by atoms with van der Waals surface area (Å²) in [6.07, 6.45) is 1.24. The smallest absolute Gasteiger partial charge is 0.289 e. The molecule has 1 fully saturated rings. The second-order valence-electron chi connectivity index (χ2n) is 6.39. The number of hydrogen-bond donors (Lipinski definition) is 1. The fraction of sp³-hybridized carbons (Fsp3) is 0.688. The molecular weight excluding hydrogens is 298 g/mol. The monoisotopic (exact) mass is 323 g/mol. The van der Waals surface area contributed by atoms with Crippen LogP contribution in [0.15, 0.2) is 10.6 Å². The van der Waals surface area contributed by atoms with Gasteiger partial charge >= 0.3 is 0 Å². The number of methoxy groups -OCH3 is 1. The third-order valence-corrected chi connectivity index (χ3v) is 3.81. The van der Waals surface area contributed by atoms with E-state index in [0.29, 0.717) is 38.6 Å². The number of ether oxygens (including phenoxy) is 1. The van der Waals surface area contributed by atoms with Gasteiger partial charge in [-0.3, -0.25) is 9.59 Å². The van der Waals surface area contributed by atoms with Crippen LogP contribution in [0, 0.1) is 11.8 Å². The zero-order chi connectivity index (χ0) is 16.8. The van der Waals surface area contributed by atoms with Crippen molar-refractivity contribution in [2.24, 2.45) is 11.8 Å². The number of nitrogens with one attached hydrogen (secondary N) is 1. The van der Waals surface area contributed by atoms with Crippen molar-refractivity contribution < 1.29 is 18.8 Å². The Labute approximate surface area is 136 Å². The van der Waals surface area contributed by atoms with Crippen molar-refractivity contribution in [1.29, 1.82) is 0 Å². The van der Waals surface area contributed by atoms with Crippen molar-refractivity contribution >= 4 is 11.8 Å². The summed E-state index contributed by atoms with van der Waals surface area (Å²) in [7, 11) is 1.61. The number of amides is 2. The molecule has 0 aromatic carbocycles. The lowest BCUT2D eigenvalue weighted by Crippen LogP contribution is -2.32. The van der Waals surface area contributed by atoms with Gasteiger partial charge in [-0.2, -0.15) is 0 Å². The number of carbonyl (C=O) groups excluding carboxylic acids is 2. The maximum atomic E-state index is 12.1. The van der Waals surface area contributed by atoms with E-state index in [1.54, 1.807) is 18.1 Å². The Bertz CT molecular complexity index is 541. The molecule has 0 spiro atoms. The lowest BCUT2D eigenvalue weighted by molar-refractivity contribution is -0.128. The van der Waals surface area contributed by atoms with Crippen LogP contribution in [0.3, 0.4) is 0 Å². The summed E-state index contributed by atoms with van der Waals surface area (Å²) in [5.41, 5.74) is 0.784. The van der Waals surface area contributed by atoms with Crippen LogP contribution in [-0.4, -0.2) is 55.2 Å². The molecule has 1 saturated heterocycles. The Balaban J connectivity index is 1.78. The minimum Gasteiger partial charge on any atom is -0.383 e. The molecule has 0 bridgehead atoms. The van der Waals surface area contributed by atoms with E-state index in [1.807, 2.05) is 0 Å². The van der Waals surface area contributed by atoms with Crippen LogP contribution < -0.4 is 5.32 Å². The molecule has 128 valence electrons. The number of hydrogen-bond acceptors (Lipinski definition) is 5. The highest BCUT2D eigenvalue weighted by Gasteiger charge is 2.29. The highest BCUT2D eigenvalue weighted by Crippen LogP contribution is 2.17. The first-order valence-corrected chi connectivity index (χ1v) is 8.00. The number of nitrogens with zero attached hydrogens (tertiary/aromatic N) is 2. The van der Waals surface area contributed by atoms with E-state index in [4.69, 9.17) is 9.26 Å². The molecule has 2 rings (SSSR count). The lowest BCUT2D eigenvalue weighted by atomic mass is 10.1. The van der Waals surface area contributed by atoms with Gasteiger partial charge < -0.3 is 19.5 Å². The molecule has 0 saturated carbocycles. The molecule has 0 radical (unpaired) electrons. The summed E-state index contributed by atoms with van der Waals surface area (Å²) >= 11 is 0. The highest BCUT2D eigenvalue weighted by atomic mass is 16.5. The average Bonchev–Trinajstić information content (AvgIpc) is 3.09. The van der Waals surface area contributed by atoms with E-state index in [-0.39, 0.29) is 23.5 Å². The maximum absolute atomic E-state index is 12.1. The van der Waals surface area contributed by atoms with Crippen molar-refractivity contribution in [3.63, 3.8) is 0 Å². The molecule has 1 unspecified atom stereocenters. The molecule has 1 aliphatic rings. The fourth-order valence-corrected chi connectivity index (χ4v) is 2.67. The van der Waals surface area contributed by atoms with Gasteiger partial charge in [-0.25, -0.2) is 0 Å². The van der Waals surface area contributed by atoms with Gasteiger partial charge in [0.2, 0.25) is 11.7 Å². The third kappa shape index (κ3) is 5.06. The van der Waals surface area contributed by atoms with Crippen molar-refractivity contribution in [3.8, 4) is 0 Å². The molecule has 7 heteroatoms. The third-order valence-electron chi connectivity index (χ3n) is 3.81. The normalized spacial score (nSPS) is 18.0. The molecule has 1 aromatic rings. The quantitative estimate of drug-likeness (QED) is 0.774. The van der Waals surface area contributed by atoms with Crippen molar-refractivity contribution in [3.05, 3.63) is 17.5 Å². The molecule has 1 aliphatic heterocycles. The Morgan fingerprint density at radius 1 is 1.57 bits per heavy atom. The number of rotatable bonds is 8. The summed E-state index contributed by atoms with van der Waals surface area (Å²) < 4.78 is 10.1. The second-order valence-corrected chi connectivity index (χ2v) is 6.39. The van der Waals surface area contributed by atoms with E-state index in [2.05, 4.69) is 24.3 Å². The molecule has 0 aliphatic carbocycles. The van der Waals surface area contributed by atoms with Gasteiger partial charge in [0.05, 0.1) is 12.3 Å². The Morgan fingerprint density at radius 2 is 2.35 bits per heavy atom. The highest BCUT2D eigenvalue weighted by molar-refractivity contribution is 5.91. The van der Waals surface area contributed by atoms with E-state index in [1.165, 1.54) is 0 Å². The predicted octanol–water partition coefficient (Wildman–Crippen LogP) is 1.10. The van der Waals surface area contributed by atoms with Crippen LogP contribution in [0.2, 0.25) is 0 Å². The summed E-state index contributed by atoms with van der Waals surface area (Å²) in [6, 6.07) is 1.68. The fourth-order valence-electron chi connectivity index (χ4n) is 2.67. The van der Waals surface area contributed by atoms with Gasteiger partial charge in [0, 0.05) is 45.1 Å². The molecule has 23 heavy (non-hydrogen) atoms. The SMILES string of the molecule is COCCN1CC(CNC(=O)c2cc(CC(C)C)no2)CC1=O. The minimum absolute atomic E-state index is 0.111. The molecule has 1 N–H and O–H groups in total. The van der Waals surface area contributed by atoms with E-state index in [0.717, 1.165) is 12.1 Å². The van der Waals surface area contributed by atoms with Gasteiger partial charge in [-0.05, 0) is 12.3 Å². The number of carbonyl (C=O) groups is 2. The zero-order valence-electron chi connectivity index (χ0n) is 14.0. The standard InChI is InChI=1S/C16H25N3O4/c1-11(2)6-13-8-14(23-18-13)16(21)17-9-12-7-15(20)19(10-12)4-5-22-3/h8,11-12H,4-7,9-10H2,1-3H3,(H,17,21). The summed E-state index contributed by atoms with van der Waals surface area (Å²) in [5, 5.41) is 6.72. The Hall–Kier alpha value is -1.89. The van der Waals surface area contributed by atoms with Crippen LogP contribution in [0.25, 0.3) is 0 Å². The van der Waals surface area contributed by atoms with Gasteiger partial charge in [-0.1, -0.05) is 19.0 Å². The zero-order valence-corrected chi connectivity index (χ0v) is 14.0. The maximum Gasteiger partial charge on any atom is 0.289 e. The van der Waals surface area contributed by atoms with Crippen LogP contribution in [-0.2, 0) is 16.0 Å². The van der Waals surface area contributed by atoms with Crippen molar-refractivity contribution in [2.45, 2.75) is 26.7 Å².